The average Bonchev–Trinajstić information content (AvgIpc) is 3.02. The van der Waals surface area contributed by atoms with Crippen LogP contribution in [0.1, 0.15) is 26.0 Å². The van der Waals surface area contributed by atoms with Crippen LogP contribution in [0.3, 0.4) is 0 Å². The molecule has 152 valence electrons. The van der Waals surface area contributed by atoms with Crippen LogP contribution in [0.15, 0.2) is 17.1 Å². The normalized spacial score (nSPS) is 27.7. The molecule has 4 N–H and O–H groups in total. The number of rotatable bonds is 6. The summed E-state index contributed by atoms with van der Waals surface area (Å²) in [6.45, 7) is 1.51. The van der Waals surface area contributed by atoms with Gasteiger partial charge in [0.1, 0.15) is 18.8 Å². The molecule has 1 aromatic rings. The number of ether oxygens (including phenoxy) is 3. The van der Waals surface area contributed by atoms with Gasteiger partial charge in [-0.3, -0.25) is 24.8 Å². The van der Waals surface area contributed by atoms with E-state index in [2.05, 4.69) is 4.98 Å². The third-order valence-electron chi connectivity index (χ3n) is 4.74. The molecule has 2 saturated heterocycles. The van der Waals surface area contributed by atoms with E-state index in [1.54, 1.807) is 12.4 Å². The lowest BCUT2D eigenvalue weighted by atomic mass is 9.90. The van der Waals surface area contributed by atoms with Gasteiger partial charge in [-0.05, 0) is 12.5 Å². The fourth-order valence-corrected chi connectivity index (χ4v) is 3.15. The summed E-state index contributed by atoms with van der Waals surface area (Å²) >= 11 is 0. The van der Waals surface area contributed by atoms with E-state index in [0.717, 1.165) is 4.57 Å². The Labute approximate surface area is 158 Å². The van der Waals surface area contributed by atoms with Gasteiger partial charge in [-0.15, -0.1) is 0 Å². The van der Waals surface area contributed by atoms with Crippen LogP contribution in [0.25, 0.3) is 0 Å². The van der Waals surface area contributed by atoms with Crippen molar-refractivity contribution in [1.29, 1.82) is 0 Å². The lowest BCUT2D eigenvalue weighted by Crippen LogP contribution is -2.43. The molecule has 28 heavy (non-hydrogen) atoms. The zero-order valence-electron chi connectivity index (χ0n) is 14.9. The molecule has 0 amide bonds. The largest absolute Gasteiger partial charge is 0.462 e. The first kappa shape index (κ1) is 19.9. The summed E-state index contributed by atoms with van der Waals surface area (Å²) in [6, 6.07) is 0.521. The van der Waals surface area contributed by atoms with Crippen LogP contribution in [0, 0.1) is 5.92 Å². The SMILES string of the molecule is CC[C@H](N)C(=O)OC[C@H]1O[C@@H](n2ccc(NO)nc2=O)[C@@H]2OC(=O)C(=O)C[C@@H]21. The minimum absolute atomic E-state index is 0.0781. The predicted molar refractivity (Wildman–Crippen MR) is 90.0 cm³/mol. The van der Waals surface area contributed by atoms with Crippen LogP contribution in [0.2, 0.25) is 0 Å². The third kappa shape index (κ3) is 3.74. The molecule has 0 radical (unpaired) electrons. The Morgan fingerprint density at radius 2 is 2.25 bits per heavy atom. The number of fused-ring (bicyclic) bond motifs is 1. The Morgan fingerprint density at radius 1 is 1.50 bits per heavy atom. The summed E-state index contributed by atoms with van der Waals surface area (Å²) < 4.78 is 17.2. The number of aromatic nitrogens is 2. The quantitative estimate of drug-likeness (QED) is 0.297. The van der Waals surface area contributed by atoms with Crippen molar-refractivity contribution < 1.29 is 33.8 Å². The van der Waals surface area contributed by atoms with Crippen molar-refractivity contribution in [1.82, 2.24) is 9.55 Å². The summed E-state index contributed by atoms with van der Waals surface area (Å²) in [5, 5.41) is 8.84. The average molecular weight is 396 g/mol. The van der Waals surface area contributed by atoms with Crippen molar-refractivity contribution in [2.75, 3.05) is 12.1 Å². The van der Waals surface area contributed by atoms with Crippen LogP contribution in [-0.2, 0) is 28.6 Å². The van der Waals surface area contributed by atoms with E-state index in [-0.39, 0.29) is 18.8 Å². The second kappa shape index (κ2) is 8.04. The predicted octanol–water partition coefficient (Wildman–Crippen LogP) is -1.28. The Morgan fingerprint density at radius 3 is 2.89 bits per heavy atom. The van der Waals surface area contributed by atoms with E-state index in [1.807, 2.05) is 0 Å². The van der Waals surface area contributed by atoms with Crippen LogP contribution in [0.5, 0.6) is 0 Å². The van der Waals surface area contributed by atoms with Gasteiger partial charge in [-0.2, -0.15) is 4.98 Å². The molecule has 3 rings (SSSR count). The first-order valence-electron chi connectivity index (χ1n) is 8.66. The number of carbonyl (C=O) groups is 3. The minimum Gasteiger partial charge on any atom is -0.462 e. The zero-order chi connectivity index (χ0) is 20.4. The summed E-state index contributed by atoms with van der Waals surface area (Å²) in [6.07, 6.45) is -1.29. The number of nitrogens with zero attached hydrogens (tertiary/aromatic N) is 2. The molecule has 1 aromatic heterocycles. The summed E-state index contributed by atoms with van der Waals surface area (Å²) in [5.74, 6) is -3.05. The highest BCUT2D eigenvalue weighted by Gasteiger charge is 2.53. The van der Waals surface area contributed by atoms with Crippen molar-refractivity contribution in [2.45, 2.75) is 44.2 Å². The number of hydrogen-bond donors (Lipinski definition) is 3. The first-order chi connectivity index (χ1) is 13.3. The summed E-state index contributed by atoms with van der Waals surface area (Å²) in [4.78, 5) is 51.2. The van der Waals surface area contributed by atoms with Gasteiger partial charge >= 0.3 is 17.6 Å². The lowest BCUT2D eigenvalue weighted by molar-refractivity contribution is -0.169. The Hall–Kier alpha value is -2.83. The minimum atomic E-state index is -1.07. The standard InChI is InChI=1S/C16H20N4O8/c1-2-8(17)14(22)26-6-10-7-5-9(21)15(23)28-12(7)13(27-10)20-4-3-11(19-25)18-16(20)24/h3-4,7-8,10,12-13,25H,2,5-6,17H2,1H3,(H,18,19,24)/t7-,8+,10-,12-,13-/m1/s1. The maximum Gasteiger partial charge on any atom is 0.375 e. The number of esters is 2. The molecular weight excluding hydrogens is 376 g/mol. The third-order valence-corrected chi connectivity index (χ3v) is 4.74. The van der Waals surface area contributed by atoms with Crippen LogP contribution in [0.4, 0.5) is 5.82 Å². The second-order valence-electron chi connectivity index (χ2n) is 6.49. The van der Waals surface area contributed by atoms with E-state index < -0.39 is 53.8 Å². The molecule has 12 heteroatoms. The maximum atomic E-state index is 12.2. The Bertz CT molecular complexity index is 840. The lowest BCUT2D eigenvalue weighted by Gasteiger charge is -2.27. The highest BCUT2D eigenvalue weighted by molar-refractivity contribution is 6.34. The van der Waals surface area contributed by atoms with E-state index in [9.17, 15) is 19.2 Å². The van der Waals surface area contributed by atoms with Crippen LogP contribution < -0.4 is 16.9 Å². The van der Waals surface area contributed by atoms with E-state index in [1.165, 1.54) is 12.3 Å². The van der Waals surface area contributed by atoms with Gasteiger partial charge in [0.25, 0.3) is 0 Å². The number of Topliss-reactive ketones (excluding diaryl/α,β-unsaturated/α-hetero) is 1. The first-order valence-corrected chi connectivity index (χ1v) is 8.66. The molecule has 0 aliphatic carbocycles. The van der Waals surface area contributed by atoms with Gasteiger partial charge in [0.05, 0.1) is 0 Å². The van der Waals surface area contributed by atoms with Crippen molar-refractivity contribution in [2.24, 2.45) is 11.7 Å². The molecule has 3 heterocycles. The highest BCUT2D eigenvalue weighted by atomic mass is 16.6. The van der Waals surface area contributed by atoms with Gasteiger partial charge in [0, 0.05) is 18.5 Å². The number of carbonyl (C=O) groups excluding carboxylic acids is 3. The molecule has 0 saturated carbocycles. The Kier molecular flexibility index (Phi) is 5.72. The van der Waals surface area contributed by atoms with Gasteiger partial charge in [0.15, 0.2) is 18.1 Å². The molecule has 5 atom stereocenters. The molecule has 0 bridgehead atoms. The van der Waals surface area contributed by atoms with E-state index in [4.69, 9.17) is 25.2 Å². The molecule has 2 aliphatic rings. The molecular formula is C16H20N4O8. The summed E-state index contributed by atoms with van der Waals surface area (Å²) in [7, 11) is 0. The van der Waals surface area contributed by atoms with Crippen molar-refractivity contribution >= 4 is 23.5 Å². The zero-order valence-corrected chi connectivity index (χ0v) is 14.9. The maximum absolute atomic E-state index is 12.2. The van der Waals surface area contributed by atoms with Crippen LogP contribution >= 0.6 is 0 Å². The van der Waals surface area contributed by atoms with Gasteiger partial charge < -0.3 is 19.9 Å². The van der Waals surface area contributed by atoms with E-state index in [0.29, 0.717) is 6.42 Å². The number of ketones is 1. The summed E-state index contributed by atoms with van der Waals surface area (Å²) in [5.41, 5.74) is 6.59. The van der Waals surface area contributed by atoms with Crippen molar-refractivity contribution in [3.05, 3.63) is 22.7 Å². The number of anilines is 1. The topological polar surface area (TPSA) is 172 Å². The molecule has 2 aliphatic heterocycles. The van der Waals surface area contributed by atoms with Gasteiger partial charge in [-0.25, -0.2) is 9.59 Å². The molecule has 0 aromatic carbocycles. The van der Waals surface area contributed by atoms with Gasteiger partial charge in [0.2, 0.25) is 5.78 Å². The van der Waals surface area contributed by atoms with Crippen LogP contribution in [-0.4, -0.2) is 57.3 Å². The number of hydrogen-bond acceptors (Lipinski definition) is 11. The number of nitrogens with one attached hydrogen (secondary N) is 1. The molecule has 0 spiro atoms. The molecule has 12 nitrogen and oxygen atoms in total. The fourth-order valence-electron chi connectivity index (χ4n) is 3.15. The smallest absolute Gasteiger partial charge is 0.375 e. The fraction of sp³-hybridized carbons (Fsp3) is 0.562. The molecule has 0 unspecified atom stereocenters. The molecule has 2 fully saturated rings. The van der Waals surface area contributed by atoms with Crippen molar-refractivity contribution in [3.63, 3.8) is 0 Å². The highest BCUT2D eigenvalue weighted by Crippen LogP contribution is 2.40. The van der Waals surface area contributed by atoms with Crippen molar-refractivity contribution in [3.8, 4) is 0 Å². The van der Waals surface area contributed by atoms with Gasteiger partial charge in [-0.1, -0.05) is 6.92 Å². The Balaban J connectivity index is 1.83. The van der Waals surface area contributed by atoms with E-state index >= 15 is 0 Å². The monoisotopic (exact) mass is 396 g/mol. The number of nitrogens with two attached hydrogens (primary N) is 1. The second-order valence-corrected chi connectivity index (χ2v) is 6.49.